The third-order valence-corrected chi connectivity index (χ3v) is 2.49. The molecule has 0 radical (unpaired) electrons. The van der Waals surface area contributed by atoms with Crippen molar-refractivity contribution >= 4 is 28.5 Å². The minimum Gasteiger partial charge on any atom is -0.495 e. The largest absolute Gasteiger partial charge is 0.495 e. The Bertz CT molecular complexity index is 586. The van der Waals surface area contributed by atoms with E-state index in [1.165, 1.54) is 20.4 Å². The zero-order chi connectivity index (χ0) is 12.4. The summed E-state index contributed by atoms with van der Waals surface area (Å²) in [6.07, 6.45) is 1.54. The van der Waals surface area contributed by atoms with Gasteiger partial charge in [-0.2, -0.15) is 0 Å². The maximum absolute atomic E-state index is 11.4. The highest BCUT2D eigenvalue weighted by Gasteiger charge is 2.12. The highest BCUT2D eigenvalue weighted by molar-refractivity contribution is 6.34. The predicted molar refractivity (Wildman–Crippen MR) is 62.4 cm³/mol. The van der Waals surface area contributed by atoms with Gasteiger partial charge in [0.05, 0.1) is 20.4 Å². The number of esters is 1. The molecule has 0 N–H and O–H groups in total. The van der Waals surface area contributed by atoms with Crippen molar-refractivity contribution in [3.63, 3.8) is 0 Å². The van der Waals surface area contributed by atoms with Crippen LogP contribution in [0.25, 0.3) is 10.9 Å². The smallest absolute Gasteiger partial charge is 0.356 e. The molecule has 0 aliphatic heterocycles. The first-order chi connectivity index (χ1) is 8.15. The number of pyridine rings is 2. The van der Waals surface area contributed by atoms with Crippen LogP contribution in [-0.2, 0) is 4.74 Å². The average Bonchev–Trinajstić information content (AvgIpc) is 2.36. The van der Waals surface area contributed by atoms with Crippen LogP contribution in [-0.4, -0.2) is 30.2 Å². The van der Waals surface area contributed by atoms with Crippen molar-refractivity contribution in [2.45, 2.75) is 0 Å². The van der Waals surface area contributed by atoms with E-state index in [-0.39, 0.29) is 10.8 Å². The number of nitrogens with zero attached hydrogens (tertiary/aromatic N) is 2. The van der Waals surface area contributed by atoms with Crippen LogP contribution in [0.3, 0.4) is 0 Å². The zero-order valence-corrected chi connectivity index (χ0v) is 9.99. The molecule has 0 aliphatic carbocycles. The van der Waals surface area contributed by atoms with Crippen LogP contribution in [0.15, 0.2) is 18.3 Å². The number of methoxy groups -OCH3 is 2. The summed E-state index contributed by atoms with van der Waals surface area (Å²) in [5.74, 6) is 0.0344. The molecule has 0 unspecified atom stereocenters. The molecule has 0 spiro atoms. The van der Waals surface area contributed by atoms with Crippen LogP contribution in [0.2, 0.25) is 5.15 Å². The Morgan fingerprint density at radius 1 is 1.35 bits per heavy atom. The summed E-state index contributed by atoms with van der Waals surface area (Å²) < 4.78 is 9.63. The fourth-order valence-corrected chi connectivity index (χ4v) is 1.65. The van der Waals surface area contributed by atoms with Gasteiger partial charge < -0.3 is 9.47 Å². The number of halogens is 1. The Morgan fingerprint density at radius 3 is 2.76 bits per heavy atom. The summed E-state index contributed by atoms with van der Waals surface area (Å²) in [5, 5.41) is 0.829. The van der Waals surface area contributed by atoms with Crippen molar-refractivity contribution in [1.29, 1.82) is 0 Å². The summed E-state index contributed by atoms with van der Waals surface area (Å²) in [6, 6.07) is 3.28. The number of aromatic nitrogens is 2. The quantitative estimate of drug-likeness (QED) is 0.605. The second kappa shape index (κ2) is 4.55. The van der Waals surface area contributed by atoms with Crippen molar-refractivity contribution in [3.05, 3.63) is 29.2 Å². The van der Waals surface area contributed by atoms with Crippen molar-refractivity contribution in [2.75, 3.05) is 14.2 Å². The molecule has 2 heterocycles. The first kappa shape index (κ1) is 11.6. The van der Waals surface area contributed by atoms with Crippen molar-refractivity contribution in [2.24, 2.45) is 0 Å². The normalized spacial score (nSPS) is 10.3. The maximum atomic E-state index is 11.4. The molecule has 0 amide bonds. The average molecular weight is 253 g/mol. The highest BCUT2D eigenvalue weighted by atomic mass is 35.5. The molecule has 2 aromatic rings. The van der Waals surface area contributed by atoms with E-state index in [0.29, 0.717) is 16.7 Å². The SMILES string of the molecule is COC(=O)c1cc2cc(OC)cnc2c(Cl)n1. The number of rotatable bonds is 2. The maximum Gasteiger partial charge on any atom is 0.356 e. The van der Waals surface area contributed by atoms with Gasteiger partial charge in [0, 0.05) is 5.39 Å². The third kappa shape index (κ3) is 2.14. The molecule has 2 rings (SSSR count). The van der Waals surface area contributed by atoms with Gasteiger partial charge in [-0.25, -0.2) is 14.8 Å². The number of hydrogen-bond donors (Lipinski definition) is 0. The van der Waals surface area contributed by atoms with Gasteiger partial charge in [0.15, 0.2) is 10.8 Å². The van der Waals surface area contributed by atoms with Gasteiger partial charge in [0.25, 0.3) is 0 Å². The Kier molecular flexibility index (Phi) is 3.10. The monoisotopic (exact) mass is 252 g/mol. The summed E-state index contributed by atoms with van der Waals surface area (Å²) in [6.45, 7) is 0. The molecule has 88 valence electrons. The summed E-state index contributed by atoms with van der Waals surface area (Å²) in [5.41, 5.74) is 0.653. The lowest BCUT2D eigenvalue weighted by atomic mass is 10.2. The van der Waals surface area contributed by atoms with Gasteiger partial charge in [-0.05, 0) is 12.1 Å². The van der Waals surface area contributed by atoms with Gasteiger partial charge in [-0.15, -0.1) is 0 Å². The van der Waals surface area contributed by atoms with E-state index in [2.05, 4.69) is 14.7 Å². The van der Waals surface area contributed by atoms with Crippen LogP contribution < -0.4 is 4.74 Å². The van der Waals surface area contributed by atoms with E-state index in [9.17, 15) is 4.79 Å². The molecule has 17 heavy (non-hydrogen) atoms. The lowest BCUT2D eigenvalue weighted by molar-refractivity contribution is 0.0594. The fraction of sp³-hybridized carbons (Fsp3) is 0.182. The Balaban J connectivity index is 2.65. The zero-order valence-electron chi connectivity index (χ0n) is 9.23. The second-order valence-electron chi connectivity index (χ2n) is 3.24. The van der Waals surface area contributed by atoms with Gasteiger partial charge in [-0.1, -0.05) is 11.6 Å². The van der Waals surface area contributed by atoms with E-state index in [4.69, 9.17) is 16.3 Å². The standard InChI is InChI=1S/C11H9ClN2O3/c1-16-7-3-6-4-8(11(15)17-2)14-10(12)9(6)13-5-7/h3-5H,1-2H3. The summed E-state index contributed by atoms with van der Waals surface area (Å²) >= 11 is 5.94. The van der Waals surface area contributed by atoms with Gasteiger partial charge in [0.1, 0.15) is 11.3 Å². The van der Waals surface area contributed by atoms with Crippen molar-refractivity contribution in [3.8, 4) is 5.75 Å². The minimum absolute atomic E-state index is 0.139. The molecular weight excluding hydrogens is 244 g/mol. The lowest BCUT2D eigenvalue weighted by Gasteiger charge is -2.05. The molecule has 0 saturated heterocycles. The van der Waals surface area contributed by atoms with Crippen LogP contribution in [0, 0.1) is 0 Å². The first-order valence-electron chi connectivity index (χ1n) is 4.74. The van der Waals surface area contributed by atoms with Crippen molar-refractivity contribution in [1.82, 2.24) is 9.97 Å². The van der Waals surface area contributed by atoms with E-state index >= 15 is 0 Å². The molecule has 0 aliphatic rings. The number of carbonyl (C=O) groups is 1. The summed E-state index contributed by atoms with van der Waals surface area (Å²) in [7, 11) is 2.82. The lowest BCUT2D eigenvalue weighted by Crippen LogP contribution is -2.04. The van der Waals surface area contributed by atoms with E-state index in [0.717, 1.165) is 0 Å². The fourth-order valence-electron chi connectivity index (χ4n) is 1.40. The topological polar surface area (TPSA) is 61.3 Å². The van der Waals surface area contributed by atoms with Gasteiger partial charge >= 0.3 is 5.97 Å². The molecule has 0 fully saturated rings. The first-order valence-corrected chi connectivity index (χ1v) is 5.12. The highest BCUT2D eigenvalue weighted by Crippen LogP contribution is 2.24. The number of carbonyl (C=O) groups excluding carboxylic acids is 1. The van der Waals surface area contributed by atoms with E-state index < -0.39 is 5.97 Å². The molecule has 0 bridgehead atoms. The molecule has 2 aromatic heterocycles. The Labute approximate surface area is 102 Å². The van der Waals surface area contributed by atoms with Crippen LogP contribution in [0.4, 0.5) is 0 Å². The third-order valence-electron chi connectivity index (χ3n) is 2.23. The second-order valence-corrected chi connectivity index (χ2v) is 3.59. The number of hydrogen-bond acceptors (Lipinski definition) is 5. The Hall–Kier alpha value is -1.88. The molecular formula is C11H9ClN2O3. The van der Waals surface area contributed by atoms with Crippen LogP contribution in [0.5, 0.6) is 5.75 Å². The van der Waals surface area contributed by atoms with E-state index in [1.54, 1.807) is 12.1 Å². The van der Waals surface area contributed by atoms with Gasteiger partial charge in [0.2, 0.25) is 0 Å². The molecule has 0 aromatic carbocycles. The van der Waals surface area contributed by atoms with E-state index in [1.807, 2.05) is 0 Å². The molecule has 6 heteroatoms. The molecule has 0 atom stereocenters. The van der Waals surface area contributed by atoms with Crippen LogP contribution in [0.1, 0.15) is 10.5 Å². The van der Waals surface area contributed by atoms with Gasteiger partial charge in [-0.3, -0.25) is 0 Å². The van der Waals surface area contributed by atoms with Crippen molar-refractivity contribution < 1.29 is 14.3 Å². The number of fused-ring (bicyclic) bond motifs is 1. The summed E-state index contributed by atoms with van der Waals surface area (Å²) in [4.78, 5) is 19.4. The van der Waals surface area contributed by atoms with Crippen LogP contribution >= 0.6 is 11.6 Å². The molecule has 5 nitrogen and oxygen atoms in total. The Morgan fingerprint density at radius 2 is 2.12 bits per heavy atom. The predicted octanol–water partition coefficient (Wildman–Crippen LogP) is 2.08. The number of ether oxygens (including phenoxy) is 2. The minimum atomic E-state index is -0.545. The molecule has 0 saturated carbocycles.